The molecule has 1 atom stereocenters. The molecular weight excluding hydrogens is 328 g/mol. The highest BCUT2D eigenvalue weighted by Gasteiger charge is 2.12. The Kier molecular flexibility index (Phi) is 5.93. The number of rotatable bonds is 6. The molecular formula is C17H19BrN2O. The number of carbonyl (C=O) groups is 1. The zero-order chi connectivity index (χ0) is 15.1. The highest BCUT2D eigenvalue weighted by Crippen LogP contribution is 2.19. The average Bonchev–Trinajstić information content (AvgIpc) is 2.52. The van der Waals surface area contributed by atoms with Gasteiger partial charge in [-0.1, -0.05) is 41.1 Å². The van der Waals surface area contributed by atoms with Gasteiger partial charge in [0.1, 0.15) is 0 Å². The lowest BCUT2D eigenvalue weighted by atomic mass is 10.0. The van der Waals surface area contributed by atoms with E-state index in [1.54, 1.807) is 6.20 Å². The van der Waals surface area contributed by atoms with Gasteiger partial charge in [0.25, 0.3) is 0 Å². The number of pyridine rings is 1. The first-order valence-electron chi connectivity index (χ1n) is 7.13. The second-order valence-electron chi connectivity index (χ2n) is 4.90. The fraction of sp³-hybridized carbons (Fsp3) is 0.294. The molecule has 0 aliphatic heterocycles. The number of halogens is 1. The highest BCUT2D eigenvalue weighted by molar-refractivity contribution is 9.10. The third-order valence-corrected chi connectivity index (χ3v) is 3.88. The maximum Gasteiger partial charge on any atom is 0.220 e. The van der Waals surface area contributed by atoms with E-state index in [9.17, 15) is 4.79 Å². The second-order valence-corrected chi connectivity index (χ2v) is 5.82. The molecule has 0 aliphatic rings. The van der Waals surface area contributed by atoms with Crippen LogP contribution in [0, 0.1) is 0 Å². The topological polar surface area (TPSA) is 42.0 Å². The molecule has 0 aliphatic carbocycles. The third kappa shape index (κ3) is 4.97. The van der Waals surface area contributed by atoms with Crippen LogP contribution < -0.4 is 5.32 Å². The molecule has 0 saturated carbocycles. The van der Waals surface area contributed by atoms with Gasteiger partial charge in [-0.25, -0.2) is 0 Å². The maximum absolute atomic E-state index is 12.1. The summed E-state index contributed by atoms with van der Waals surface area (Å²) in [4.78, 5) is 16.3. The van der Waals surface area contributed by atoms with Gasteiger partial charge in [0.2, 0.25) is 5.91 Å². The van der Waals surface area contributed by atoms with E-state index in [4.69, 9.17) is 0 Å². The Hall–Kier alpha value is -1.68. The van der Waals surface area contributed by atoms with Crippen molar-refractivity contribution in [2.45, 2.75) is 32.2 Å². The zero-order valence-corrected chi connectivity index (χ0v) is 13.6. The molecule has 1 aromatic heterocycles. The van der Waals surface area contributed by atoms with E-state index >= 15 is 0 Å². The second kappa shape index (κ2) is 7.93. The van der Waals surface area contributed by atoms with Gasteiger partial charge in [0, 0.05) is 22.8 Å². The summed E-state index contributed by atoms with van der Waals surface area (Å²) < 4.78 is 1.04. The van der Waals surface area contributed by atoms with Crippen LogP contribution in [-0.2, 0) is 11.2 Å². The number of carbonyl (C=O) groups excluding carboxylic acids is 1. The van der Waals surface area contributed by atoms with Crippen molar-refractivity contribution in [2.24, 2.45) is 0 Å². The van der Waals surface area contributed by atoms with E-state index in [0.717, 1.165) is 22.2 Å². The van der Waals surface area contributed by atoms with Crippen LogP contribution >= 0.6 is 15.9 Å². The minimum atomic E-state index is 0.0642. The van der Waals surface area contributed by atoms with Gasteiger partial charge >= 0.3 is 0 Å². The molecule has 2 aromatic rings. The molecule has 0 unspecified atom stereocenters. The SMILES string of the molecule is CC[C@H](NC(=O)CCc1ccccn1)c1ccc(Br)cc1. The van der Waals surface area contributed by atoms with Gasteiger partial charge in [0.15, 0.2) is 0 Å². The molecule has 0 fully saturated rings. The van der Waals surface area contributed by atoms with E-state index in [-0.39, 0.29) is 11.9 Å². The first-order chi connectivity index (χ1) is 10.2. The number of benzene rings is 1. The third-order valence-electron chi connectivity index (χ3n) is 3.35. The van der Waals surface area contributed by atoms with Crippen LogP contribution in [0.5, 0.6) is 0 Å². The predicted octanol–water partition coefficient (Wildman–Crippen LogP) is 4.04. The average molecular weight is 347 g/mol. The molecule has 0 saturated heterocycles. The van der Waals surface area contributed by atoms with Crippen molar-refractivity contribution in [3.8, 4) is 0 Å². The standard InChI is InChI=1S/C17H19BrN2O/c1-2-16(13-6-8-14(18)9-7-13)20-17(21)11-10-15-5-3-4-12-19-15/h3-9,12,16H,2,10-11H2,1H3,(H,20,21)/t16-/m0/s1. The van der Waals surface area contributed by atoms with E-state index in [1.165, 1.54) is 0 Å². The van der Waals surface area contributed by atoms with Crippen molar-refractivity contribution < 1.29 is 4.79 Å². The Bertz CT molecular complexity index is 569. The highest BCUT2D eigenvalue weighted by atomic mass is 79.9. The summed E-state index contributed by atoms with van der Waals surface area (Å²) in [5.74, 6) is 0.0652. The van der Waals surface area contributed by atoms with Gasteiger partial charge < -0.3 is 5.32 Å². The summed E-state index contributed by atoms with van der Waals surface area (Å²) in [5, 5.41) is 3.09. The molecule has 3 nitrogen and oxygen atoms in total. The number of nitrogens with one attached hydrogen (secondary N) is 1. The number of hydrogen-bond donors (Lipinski definition) is 1. The smallest absolute Gasteiger partial charge is 0.220 e. The molecule has 1 N–H and O–H groups in total. The summed E-state index contributed by atoms with van der Waals surface area (Å²) in [6.45, 7) is 2.08. The molecule has 0 spiro atoms. The largest absolute Gasteiger partial charge is 0.349 e. The quantitative estimate of drug-likeness (QED) is 0.857. The molecule has 1 amide bonds. The van der Waals surface area contributed by atoms with Gasteiger partial charge in [-0.2, -0.15) is 0 Å². The fourth-order valence-electron chi connectivity index (χ4n) is 2.17. The Morgan fingerprint density at radius 2 is 2.00 bits per heavy atom. The van der Waals surface area contributed by atoms with Crippen molar-refractivity contribution in [2.75, 3.05) is 0 Å². The van der Waals surface area contributed by atoms with Crippen molar-refractivity contribution in [1.29, 1.82) is 0 Å². The lowest BCUT2D eigenvalue weighted by molar-refractivity contribution is -0.121. The van der Waals surface area contributed by atoms with Crippen molar-refractivity contribution >= 4 is 21.8 Å². The minimum absolute atomic E-state index is 0.0642. The van der Waals surface area contributed by atoms with Gasteiger partial charge in [-0.15, -0.1) is 0 Å². The molecule has 0 bridgehead atoms. The lowest BCUT2D eigenvalue weighted by Gasteiger charge is -2.17. The first kappa shape index (κ1) is 15.7. The van der Waals surface area contributed by atoms with Gasteiger partial charge in [-0.3, -0.25) is 9.78 Å². The molecule has 1 aromatic carbocycles. The van der Waals surface area contributed by atoms with E-state index < -0.39 is 0 Å². The monoisotopic (exact) mass is 346 g/mol. The van der Waals surface area contributed by atoms with Crippen LogP contribution in [0.15, 0.2) is 53.1 Å². The van der Waals surface area contributed by atoms with Crippen LogP contribution in [0.25, 0.3) is 0 Å². The van der Waals surface area contributed by atoms with Crippen molar-refractivity contribution in [3.05, 3.63) is 64.4 Å². The van der Waals surface area contributed by atoms with Crippen LogP contribution in [0.4, 0.5) is 0 Å². The molecule has 4 heteroatoms. The summed E-state index contributed by atoms with van der Waals surface area (Å²) in [7, 11) is 0. The summed E-state index contributed by atoms with van der Waals surface area (Å²) in [6.07, 6.45) is 3.76. The number of aromatic nitrogens is 1. The first-order valence-corrected chi connectivity index (χ1v) is 7.93. The Morgan fingerprint density at radius 1 is 1.24 bits per heavy atom. The predicted molar refractivity (Wildman–Crippen MR) is 87.9 cm³/mol. The molecule has 110 valence electrons. The molecule has 21 heavy (non-hydrogen) atoms. The Morgan fingerprint density at radius 3 is 2.62 bits per heavy atom. The normalized spacial score (nSPS) is 11.9. The number of hydrogen-bond acceptors (Lipinski definition) is 2. The van der Waals surface area contributed by atoms with Crippen LogP contribution in [0.2, 0.25) is 0 Å². The van der Waals surface area contributed by atoms with Crippen LogP contribution in [0.3, 0.4) is 0 Å². The Balaban J connectivity index is 1.89. The number of aryl methyl sites for hydroxylation is 1. The molecule has 2 rings (SSSR count). The number of amides is 1. The molecule has 0 radical (unpaired) electrons. The summed E-state index contributed by atoms with van der Waals surface area (Å²) in [6, 6.07) is 13.9. The van der Waals surface area contributed by atoms with E-state index in [1.807, 2.05) is 42.5 Å². The van der Waals surface area contributed by atoms with Gasteiger partial charge in [-0.05, 0) is 42.7 Å². The maximum atomic E-state index is 12.1. The van der Waals surface area contributed by atoms with Gasteiger partial charge in [0.05, 0.1) is 6.04 Å². The van der Waals surface area contributed by atoms with E-state index in [2.05, 4.69) is 33.2 Å². The number of nitrogens with zero attached hydrogens (tertiary/aromatic N) is 1. The minimum Gasteiger partial charge on any atom is -0.349 e. The fourth-order valence-corrected chi connectivity index (χ4v) is 2.43. The van der Waals surface area contributed by atoms with Crippen molar-refractivity contribution in [3.63, 3.8) is 0 Å². The molecule has 1 heterocycles. The summed E-state index contributed by atoms with van der Waals surface area (Å²) in [5.41, 5.74) is 2.08. The Labute approximate surface area is 133 Å². The van der Waals surface area contributed by atoms with Crippen LogP contribution in [-0.4, -0.2) is 10.9 Å². The van der Waals surface area contributed by atoms with E-state index in [0.29, 0.717) is 12.8 Å². The van der Waals surface area contributed by atoms with Crippen molar-refractivity contribution in [1.82, 2.24) is 10.3 Å². The zero-order valence-electron chi connectivity index (χ0n) is 12.1. The summed E-state index contributed by atoms with van der Waals surface area (Å²) >= 11 is 3.42. The lowest BCUT2D eigenvalue weighted by Crippen LogP contribution is -2.28. The van der Waals surface area contributed by atoms with Crippen LogP contribution in [0.1, 0.15) is 37.1 Å².